The molecule has 0 saturated heterocycles. The first kappa shape index (κ1) is 19.3. The molecule has 0 aliphatic rings. The van der Waals surface area contributed by atoms with Gasteiger partial charge in [0.1, 0.15) is 10.8 Å². The molecule has 2 atom stereocenters. The summed E-state index contributed by atoms with van der Waals surface area (Å²) in [6.45, 7) is 0. The number of rotatable bonds is 7. The number of Topliss-reactive ketones (excluding diaryl/α,β-unsaturated/α-hetero) is 2. The maximum atomic E-state index is 12.9. The minimum Gasteiger partial charge on any atom is -0.292 e. The summed E-state index contributed by atoms with van der Waals surface area (Å²) in [5.41, 5.74) is 1.75. The Morgan fingerprint density at radius 1 is 0.556 bits per heavy atom. The van der Waals surface area contributed by atoms with Crippen molar-refractivity contribution >= 4 is 34.8 Å². The lowest BCUT2D eigenvalue weighted by atomic mass is 9.85. The monoisotopic (exact) mass is 396 g/mol. The molecule has 2 unspecified atom stereocenters. The summed E-state index contributed by atoms with van der Waals surface area (Å²) in [6.07, 6.45) is 0. The van der Waals surface area contributed by atoms with Crippen molar-refractivity contribution in [1.29, 1.82) is 0 Å². The fourth-order valence-corrected chi connectivity index (χ4v) is 3.92. The Hall–Kier alpha value is -2.42. The SMILES string of the molecule is O=C(c1ccccc1)C(Cl)C(c1ccccc1)C(Cl)C(=O)c1ccccc1. The van der Waals surface area contributed by atoms with Crippen LogP contribution in [0.25, 0.3) is 0 Å². The highest BCUT2D eigenvalue weighted by Crippen LogP contribution is 2.34. The van der Waals surface area contributed by atoms with Crippen molar-refractivity contribution in [2.75, 3.05) is 0 Å². The van der Waals surface area contributed by atoms with Crippen LogP contribution in [0.2, 0.25) is 0 Å². The fraction of sp³-hybridized carbons (Fsp3) is 0.130. The molecule has 3 aromatic carbocycles. The first-order valence-corrected chi connectivity index (χ1v) is 9.48. The van der Waals surface area contributed by atoms with Crippen LogP contribution in [0, 0.1) is 0 Å². The summed E-state index contributed by atoms with van der Waals surface area (Å²) in [4.78, 5) is 25.8. The van der Waals surface area contributed by atoms with Crippen LogP contribution in [-0.4, -0.2) is 22.3 Å². The van der Waals surface area contributed by atoms with Crippen LogP contribution in [0.4, 0.5) is 0 Å². The van der Waals surface area contributed by atoms with E-state index in [4.69, 9.17) is 23.2 Å². The zero-order valence-electron chi connectivity index (χ0n) is 14.5. The zero-order valence-corrected chi connectivity index (χ0v) is 16.0. The van der Waals surface area contributed by atoms with Gasteiger partial charge in [0.2, 0.25) is 0 Å². The summed E-state index contributed by atoms with van der Waals surface area (Å²) in [5.74, 6) is -1.16. The largest absolute Gasteiger partial charge is 0.292 e. The van der Waals surface area contributed by atoms with Crippen LogP contribution in [0.3, 0.4) is 0 Å². The lowest BCUT2D eigenvalue weighted by Crippen LogP contribution is -2.34. The lowest BCUT2D eigenvalue weighted by Gasteiger charge is -2.26. The Balaban J connectivity index is 1.96. The third-order valence-electron chi connectivity index (χ3n) is 4.43. The van der Waals surface area contributed by atoms with Gasteiger partial charge >= 0.3 is 0 Å². The standard InChI is InChI=1S/C23H18Cl2O2/c24-20(22(26)17-12-6-2-7-13-17)19(16-10-4-1-5-11-16)21(25)23(27)18-14-8-3-9-15-18/h1-15,19-21H. The van der Waals surface area contributed by atoms with Gasteiger partial charge < -0.3 is 0 Å². The molecule has 0 aromatic heterocycles. The number of halogens is 2. The minimum absolute atomic E-state index is 0.252. The molecule has 0 fully saturated rings. The van der Waals surface area contributed by atoms with Crippen molar-refractivity contribution in [3.63, 3.8) is 0 Å². The van der Waals surface area contributed by atoms with Crippen molar-refractivity contribution in [3.05, 3.63) is 108 Å². The molecular weight excluding hydrogens is 379 g/mol. The molecule has 0 aliphatic carbocycles. The van der Waals surface area contributed by atoms with Crippen molar-refractivity contribution in [2.45, 2.75) is 16.7 Å². The van der Waals surface area contributed by atoms with Gasteiger partial charge in [-0.1, -0.05) is 91.0 Å². The van der Waals surface area contributed by atoms with E-state index >= 15 is 0 Å². The number of carbonyl (C=O) groups is 2. The van der Waals surface area contributed by atoms with Crippen LogP contribution in [-0.2, 0) is 0 Å². The molecule has 2 nitrogen and oxygen atoms in total. The third-order valence-corrected chi connectivity index (χ3v) is 5.37. The van der Waals surface area contributed by atoms with E-state index in [0.29, 0.717) is 11.1 Å². The highest BCUT2D eigenvalue weighted by atomic mass is 35.5. The van der Waals surface area contributed by atoms with Crippen molar-refractivity contribution in [1.82, 2.24) is 0 Å². The second kappa shape index (κ2) is 8.98. The molecule has 0 aliphatic heterocycles. The topological polar surface area (TPSA) is 34.1 Å². The van der Waals surface area contributed by atoms with E-state index < -0.39 is 16.7 Å². The van der Waals surface area contributed by atoms with Gasteiger partial charge in [0.15, 0.2) is 11.6 Å². The van der Waals surface area contributed by atoms with Gasteiger partial charge in [-0.3, -0.25) is 9.59 Å². The van der Waals surface area contributed by atoms with Gasteiger partial charge in [0, 0.05) is 17.0 Å². The molecule has 0 heterocycles. The fourth-order valence-electron chi connectivity index (χ4n) is 3.01. The van der Waals surface area contributed by atoms with Crippen LogP contribution in [0.1, 0.15) is 32.2 Å². The summed E-state index contributed by atoms with van der Waals surface area (Å²) in [6, 6.07) is 26.9. The van der Waals surface area contributed by atoms with Crippen molar-refractivity contribution in [2.24, 2.45) is 0 Å². The quantitative estimate of drug-likeness (QED) is 0.376. The van der Waals surface area contributed by atoms with E-state index in [0.717, 1.165) is 5.56 Å². The molecule has 3 aromatic rings. The van der Waals surface area contributed by atoms with Gasteiger partial charge in [-0.2, -0.15) is 0 Å². The maximum Gasteiger partial charge on any atom is 0.181 e. The Morgan fingerprint density at radius 3 is 1.26 bits per heavy atom. The number of ketones is 2. The summed E-state index contributed by atoms with van der Waals surface area (Å²) < 4.78 is 0. The van der Waals surface area contributed by atoms with E-state index in [1.165, 1.54) is 0 Å². The molecule has 0 amide bonds. The molecular formula is C23H18Cl2O2. The van der Waals surface area contributed by atoms with Gasteiger partial charge in [0.25, 0.3) is 0 Å². The number of hydrogen-bond acceptors (Lipinski definition) is 2. The van der Waals surface area contributed by atoms with E-state index in [-0.39, 0.29) is 11.6 Å². The molecule has 136 valence electrons. The smallest absolute Gasteiger partial charge is 0.181 e. The average Bonchev–Trinajstić information content (AvgIpc) is 2.74. The zero-order chi connectivity index (χ0) is 19.2. The number of carbonyl (C=O) groups excluding carboxylic acids is 2. The minimum atomic E-state index is -0.968. The van der Waals surface area contributed by atoms with Crippen molar-refractivity contribution in [3.8, 4) is 0 Å². The van der Waals surface area contributed by atoms with E-state index in [1.54, 1.807) is 48.5 Å². The molecule has 0 saturated carbocycles. The molecule has 4 heteroatoms. The van der Waals surface area contributed by atoms with Crippen LogP contribution in [0.15, 0.2) is 91.0 Å². The molecule has 0 bridgehead atoms. The lowest BCUT2D eigenvalue weighted by molar-refractivity contribution is 0.0951. The highest BCUT2D eigenvalue weighted by molar-refractivity contribution is 6.39. The highest BCUT2D eigenvalue weighted by Gasteiger charge is 2.37. The summed E-state index contributed by atoms with van der Waals surface area (Å²) >= 11 is 13.2. The third kappa shape index (κ3) is 4.47. The molecule has 3 rings (SSSR count). The Labute approximate surface area is 168 Å². The Kier molecular flexibility index (Phi) is 6.44. The van der Waals surface area contributed by atoms with E-state index in [1.807, 2.05) is 42.5 Å². The Morgan fingerprint density at radius 2 is 0.889 bits per heavy atom. The van der Waals surface area contributed by atoms with Crippen LogP contribution in [0.5, 0.6) is 0 Å². The number of benzene rings is 3. The van der Waals surface area contributed by atoms with Gasteiger partial charge in [-0.05, 0) is 5.56 Å². The second-order valence-electron chi connectivity index (χ2n) is 6.20. The van der Waals surface area contributed by atoms with Crippen LogP contribution >= 0.6 is 23.2 Å². The molecule has 27 heavy (non-hydrogen) atoms. The second-order valence-corrected chi connectivity index (χ2v) is 7.14. The van der Waals surface area contributed by atoms with E-state index in [9.17, 15) is 9.59 Å². The van der Waals surface area contributed by atoms with Gasteiger partial charge in [-0.15, -0.1) is 23.2 Å². The van der Waals surface area contributed by atoms with Gasteiger partial charge in [0.05, 0.1) is 0 Å². The van der Waals surface area contributed by atoms with Gasteiger partial charge in [-0.25, -0.2) is 0 Å². The van der Waals surface area contributed by atoms with E-state index in [2.05, 4.69) is 0 Å². The Bertz CT molecular complexity index is 838. The predicted molar refractivity (Wildman–Crippen MR) is 110 cm³/mol. The summed E-state index contributed by atoms with van der Waals surface area (Å²) in [5, 5.41) is -1.94. The number of alkyl halides is 2. The molecule has 0 radical (unpaired) electrons. The summed E-state index contributed by atoms with van der Waals surface area (Å²) in [7, 11) is 0. The number of hydrogen-bond donors (Lipinski definition) is 0. The predicted octanol–water partition coefficient (Wildman–Crippen LogP) is 5.75. The van der Waals surface area contributed by atoms with Crippen molar-refractivity contribution < 1.29 is 9.59 Å². The molecule has 0 N–H and O–H groups in total. The maximum absolute atomic E-state index is 12.9. The average molecular weight is 397 g/mol. The molecule has 0 spiro atoms. The first-order chi connectivity index (χ1) is 13.1. The first-order valence-electron chi connectivity index (χ1n) is 8.61. The van der Waals surface area contributed by atoms with Crippen LogP contribution < -0.4 is 0 Å². The normalized spacial score (nSPS) is 14.1.